The molecular formula is C10H10F3NO. The van der Waals surface area contributed by atoms with Crippen LogP contribution in [0.1, 0.15) is 17.7 Å². The molecule has 1 atom stereocenters. The molecule has 1 aromatic rings. The van der Waals surface area contributed by atoms with Crippen molar-refractivity contribution in [3.05, 3.63) is 33.7 Å². The summed E-state index contributed by atoms with van der Waals surface area (Å²) in [6.07, 6.45) is -3.78. The molecule has 5 heteroatoms. The summed E-state index contributed by atoms with van der Waals surface area (Å²) in [6.45, 7) is 0. The number of pyridine rings is 1. The van der Waals surface area contributed by atoms with Gasteiger partial charge in [0.1, 0.15) is 0 Å². The van der Waals surface area contributed by atoms with Crippen LogP contribution in [-0.4, -0.2) is 11.2 Å². The van der Waals surface area contributed by atoms with Gasteiger partial charge in [0.25, 0.3) is 0 Å². The molecule has 82 valence electrons. The number of alkyl halides is 3. The molecule has 0 aromatic carbocycles. The van der Waals surface area contributed by atoms with Crippen LogP contribution in [-0.2, 0) is 12.8 Å². The van der Waals surface area contributed by atoms with Crippen molar-refractivity contribution in [3.63, 3.8) is 0 Å². The van der Waals surface area contributed by atoms with Gasteiger partial charge in [0, 0.05) is 11.8 Å². The first kappa shape index (κ1) is 10.3. The zero-order valence-corrected chi connectivity index (χ0v) is 7.90. The fourth-order valence-electron chi connectivity index (χ4n) is 1.93. The number of fused-ring (bicyclic) bond motifs is 1. The summed E-state index contributed by atoms with van der Waals surface area (Å²) >= 11 is 0. The first-order valence-corrected chi connectivity index (χ1v) is 4.74. The van der Waals surface area contributed by atoms with E-state index in [1.54, 1.807) is 0 Å². The summed E-state index contributed by atoms with van der Waals surface area (Å²) in [7, 11) is 0. The van der Waals surface area contributed by atoms with E-state index in [9.17, 15) is 18.0 Å². The number of H-pyrrole nitrogens is 1. The van der Waals surface area contributed by atoms with Crippen molar-refractivity contribution in [1.82, 2.24) is 4.98 Å². The summed E-state index contributed by atoms with van der Waals surface area (Å²) in [5.74, 6) is -1.27. The van der Waals surface area contributed by atoms with Crippen molar-refractivity contribution in [1.29, 1.82) is 0 Å². The molecule has 0 amide bonds. The molecule has 1 N–H and O–H groups in total. The van der Waals surface area contributed by atoms with Crippen LogP contribution < -0.4 is 5.56 Å². The maximum Gasteiger partial charge on any atom is 0.392 e. The Morgan fingerprint density at radius 1 is 1.33 bits per heavy atom. The third-order valence-corrected chi connectivity index (χ3v) is 2.77. The lowest BCUT2D eigenvalue weighted by molar-refractivity contribution is -0.177. The Labute approximate surface area is 84.1 Å². The number of hydrogen-bond donors (Lipinski definition) is 1. The van der Waals surface area contributed by atoms with E-state index >= 15 is 0 Å². The van der Waals surface area contributed by atoms with Crippen LogP contribution in [0.3, 0.4) is 0 Å². The van der Waals surface area contributed by atoms with Gasteiger partial charge in [-0.25, -0.2) is 0 Å². The van der Waals surface area contributed by atoms with Crippen LogP contribution in [0, 0.1) is 5.92 Å². The van der Waals surface area contributed by atoms with Gasteiger partial charge in [-0.3, -0.25) is 4.79 Å². The van der Waals surface area contributed by atoms with Gasteiger partial charge in [-0.05, 0) is 24.8 Å². The van der Waals surface area contributed by atoms with Crippen LogP contribution in [0.4, 0.5) is 13.2 Å². The molecule has 1 aliphatic carbocycles. The molecule has 1 aliphatic rings. The van der Waals surface area contributed by atoms with E-state index in [2.05, 4.69) is 4.98 Å². The van der Waals surface area contributed by atoms with Crippen molar-refractivity contribution >= 4 is 0 Å². The van der Waals surface area contributed by atoms with E-state index < -0.39 is 12.1 Å². The number of aromatic nitrogens is 1. The number of aromatic amines is 1. The minimum Gasteiger partial charge on any atom is -0.326 e. The Morgan fingerprint density at radius 2 is 2.07 bits per heavy atom. The number of halogens is 3. The summed E-state index contributed by atoms with van der Waals surface area (Å²) in [5.41, 5.74) is 1.02. The topological polar surface area (TPSA) is 32.9 Å². The van der Waals surface area contributed by atoms with Gasteiger partial charge in [0.15, 0.2) is 0 Å². The molecule has 0 spiro atoms. The largest absolute Gasteiger partial charge is 0.392 e. The summed E-state index contributed by atoms with van der Waals surface area (Å²) < 4.78 is 37.3. The highest BCUT2D eigenvalue weighted by Crippen LogP contribution is 2.35. The van der Waals surface area contributed by atoms with Crippen molar-refractivity contribution in [2.24, 2.45) is 5.92 Å². The van der Waals surface area contributed by atoms with E-state index in [4.69, 9.17) is 0 Å². The Balaban J connectivity index is 2.28. The Bertz CT molecular complexity index is 421. The van der Waals surface area contributed by atoms with E-state index in [0.29, 0.717) is 17.7 Å². The average Bonchev–Trinajstić information content (AvgIpc) is 2.15. The fraction of sp³-hybridized carbons (Fsp3) is 0.500. The van der Waals surface area contributed by atoms with Crippen LogP contribution in [0.15, 0.2) is 16.9 Å². The van der Waals surface area contributed by atoms with E-state index in [0.717, 1.165) is 0 Å². The van der Waals surface area contributed by atoms with E-state index in [-0.39, 0.29) is 18.4 Å². The highest BCUT2D eigenvalue weighted by Gasteiger charge is 2.41. The second-order valence-corrected chi connectivity index (χ2v) is 3.81. The molecule has 0 saturated carbocycles. The molecule has 15 heavy (non-hydrogen) atoms. The standard InChI is InChI=1S/C10H10F3NO/c11-10(12,13)7-2-3-8-6(5-7)1-4-9(15)14-8/h1,4,7H,2-3,5H2,(H,14,15). The van der Waals surface area contributed by atoms with E-state index in [1.165, 1.54) is 12.1 Å². The second kappa shape index (κ2) is 3.40. The molecular weight excluding hydrogens is 207 g/mol. The quantitative estimate of drug-likeness (QED) is 0.708. The van der Waals surface area contributed by atoms with E-state index in [1.807, 2.05) is 0 Å². The molecule has 0 aliphatic heterocycles. The number of rotatable bonds is 0. The molecule has 0 fully saturated rings. The van der Waals surface area contributed by atoms with Crippen molar-refractivity contribution in [2.45, 2.75) is 25.4 Å². The third kappa shape index (κ3) is 2.06. The van der Waals surface area contributed by atoms with Crippen LogP contribution >= 0.6 is 0 Å². The molecule has 1 unspecified atom stereocenters. The van der Waals surface area contributed by atoms with Gasteiger partial charge in [0.05, 0.1) is 5.92 Å². The van der Waals surface area contributed by atoms with Crippen molar-refractivity contribution < 1.29 is 13.2 Å². The van der Waals surface area contributed by atoms with Crippen molar-refractivity contribution in [3.8, 4) is 0 Å². The average molecular weight is 217 g/mol. The minimum atomic E-state index is -4.13. The van der Waals surface area contributed by atoms with Gasteiger partial charge in [-0.1, -0.05) is 6.07 Å². The highest BCUT2D eigenvalue weighted by atomic mass is 19.4. The van der Waals surface area contributed by atoms with Gasteiger partial charge in [-0.15, -0.1) is 0 Å². The molecule has 0 saturated heterocycles. The smallest absolute Gasteiger partial charge is 0.326 e. The fourth-order valence-corrected chi connectivity index (χ4v) is 1.93. The first-order valence-electron chi connectivity index (χ1n) is 4.74. The lowest BCUT2D eigenvalue weighted by Crippen LogP contribution is -2.30. The normalized spacial score (nSPS) is 21.1. The molecule has 0 radical (unpaired) electrons. The Hall–Kier alpha value is -1.26. The first-order chi connectivity index (χ1) is 6.97. The highest BCUT2D eigenvalue weighted by molar-refractivity contribution is 5.23. The predicted octanol–water partition coefficient (Wildman–Crippen LogP) is 2.04. The van der Waals surface area contributed by atoms with Gasteiger partial charge >= 0.3 is 6.18 Å². The molecule has 2 rings (SSSR count). The minimum absolute atomic E-state index is 0.0182. The maximum atomic E-state index is 12.4. The maximum absolute atomic E-state index is 12.4. The second-order valence-electron chi connectivity index (χ2n) is 3.81. The molecule has 0 bridgehead atoms. The monoisotopic (exact) mass is 217 g/mol. The molecule has 1 heterocycles. The summed E-state index contributed by atoms with van der Waals surface area (Å²) in [6, 6.07) is 2.77. The van der Waals surface area contributed by atoms with Gasteiger partial charge in [0.2, 0.25) is 5.56 Å². The molecule has 2 nitrogen and oxygen atoms in total. The Kier molecular flexibility index (Phi) is 2.32. The van der Waals surface area contributed by atoms with Gasteiger partial charge in [-0.2, -0.15) is 13.2 Å². The third-order valence-electron chi connectivity index (χ3n) is 2.77. The Morgan fingerprint density at radius 3 is 2.73 bits per heavy atom. The number of hydrogen-bond acceptors (Lipinski definition) is 1. The van der Waals surface area contributed by atoms with Crippen LogP contribution in [0.2, 0.25) is 0 Å². The summed E-state index contributed by atoms with van der Waals surface area (Å²) in [4.78, 5) is 13.5. The molecule has 1 aromatic heterocycles. The van der Waals surface area contributed by atoms with Crippen LogP contribution in [0.25, 0.3) is 0 Å². The number of nitrogens with one attached hydrogen (secondary N) is 1. The summed E-state index contributed by atoms with van der Waals surface area (Å²) in [5, 5.41) is 0. The zero-order valence-electron chi connectivity index (χ0n) is 7.90. The van der Waals surface area contributed by atoms with Crippen LogP contribution in [0.5, 0.6) is 0 Å². The van der Waals surface area contributed by atoms with Crippen molar-refractivity contribution in [2.75, 3.05) is 0 Å². The predicted molar refractivity (Wildman–Crippen MR) is 48.6 cm³/mol. The lowest BCUT2D eigenvalue weighted by atomic mass is 9.86. The zero-order chi connectivity index (χ0) is 11.1. The number of aryl methyl sites for hydroxylation is 1. The lowest BCUT2D eigenvalue weighted by Gasteiger charge is -2.25. The van der Waals surface area contributed by atoms with Gasteiger partial charge < -0.3 is 4.98 Å². The SMILES string of the molecule is O=c1ccc2c([nH]1)CCC(C(F)(F)F)C2.